The quantitative estimate of drug-likeness (QED) is 0.409. The monoisotopic (exact) mass is 479 g/mol. The number of aromatic nitrogens is 1. The van der Waals surface area contributed by atoms with Gasteiger partial charge in [-0.1, -0.05) is 12.8 Å². The van der Waals surface area contributed by atoms with E-state index in [2.05, 4.69) is 10.3 Å². The van der Waals surface area contributed by atoms with Crippen molar-refractivity contribution in [2.45, 2.75) is 52.1 Å². The number of hydrogen-bond donors (Lipinski definition) is 1. The highest BCUT2D eigenvalue weighted by molar-refractivity contribution is 7.20. The van der Waals surface area contributed by atoms with Crippen molar-refractivity contribution in [2.75, 3.05) is 19.6 Å². The maximum Gasteiger partial charge on any atom is 0.261 e. The van der Waals surface area contributed by atoms with Crippen LogP contribution in [0.3, 0.4) is 0 Å². The normalized spacial score (nSPS) is 14.5. The molecule has 1 aliphatic rings. The minimum absolute atomic E-state index is 0.00294. The Hall–Kier alpha value is -2.93. The number of pyridine rings is 1. The Labute approximate surface area is 205 Å². The number of nitrogens with one attached hydrogen (secondary N) is 1. The van der Waals surface area contributed by atoms with Crippen LogP contribution in [0.1, 0.15) is 66.0 Å². The summed E-state index contributed by atoms with van der Waals surface area (Å²) < 4.78 is 6.70. The van der Waals surface area contributed by atoms with Crippen LogP contribution in [-0.4, -0.2) is 47.4 Å². The molecular formula is C27H33N3O3S. The molecule has 7 heteroatoms. The Morgan fingerprint density at radius 1 is 1.15 bits per heavy atom. The van der Waals surface area contributed by atoms with E-state index in [0.29, 0.717) is 12.5 Å². The van der Waals surface area contributed by atoms with E-state index in [9.17, 15) is 9.59 Å². The number of hydrogen-bond acceptors (Lipinski definition) is 5. The molecule has 6 nitrogen and oxygen atoms in total. The number of amides is 2. The second-order valence-electron chi connectivity index (χ2n) is 9.20. The number of fused-ring (bicyclic) bond motifs is 1. The third-order valence-electron chi connectivity index (χ3n) is 6.25. The molecule has 0 aliphatic carbocycles. The van der Waals surface area contributed by atoms with Crippen molar-refractivity contribution in [2.24, 2.45) is 5.92 Å². The second kappa shape index (κ2) is 11.5. The Morgan fingerprint density at radius 2 is 1.91 bits per heavy atom. The van der Waals surface area contributed by atoms with Crippen LogP contribution in [0, 0.1) is 5.92 Å². The lowest BCUT2D eigenvalue weighted by atomic mass is 9.91. The van der Waals surface area contributed by atoms with E-state index in [1.807, 2.05) is 55.1 Å². The molecule has 0 radical (unpaired) electrons. The van der Waals surface area contributed by atoms with E-state index in [-0.39, 0.29) is 17.9 Å². The maximum atomic E-state index is 12.8. The molecule has 1 N–H and O–H groups in total. The zero-order valence-electron chi connectivity index (χ0n) is 20.0. The first-order chi connectivity index (χ1) is 16.5. The fraction of sp³-hybridized carbons (Fsp3) is 0.444. The van der Waals surface area contributed by atoms with Gasteiger partial charge in [-0.05, 0) is 80.8 Å². The Balaban J connectivity index is 1.13. The number of benzene rings is 1. The van der Waals surface area contributed by atoms with Crippen LogP contribution in [0.15, 0.2) is 48.8 Å². The molecule has 0 atom stereocenters. The van der Waals surface area contributed by atoms with E-state index in [1.54, 1.807) is 12.4 Å². The molecule has 180 valence electrons. The predicted molar refractivity (Wildman–Crippen MR) is 137 cm³/mol. The van der Waals surface area contributed by atoms with Crippen molar-refractivity contribution >= 4 is 33.2 Å². The van der Waals surface area contributed by atoms with Gasteiger partial charge in [-0.2, -0.15) is 0 Å². The molecule has 3 heterocycles. The first kappa shape index (κ1) is 24.2. The van der Waals surface area contributed by atoms with Gasteiger partial charge in [0, 0.05) is 37.6 Å². The Morgan fingerprint density at radius 3 is 2.62 bits per heavy atom. The summed E-state index contributed by atoms with van der Waals surface area (Å²) in [5.41, 5.74) is 0.722. The topological polar surface area (TPSA) is 71.5 Å². The molecular weight excluding hydrogens is 446 g/mol. The van der Waals surface area contributed by atoms with Gasteiger partial charge >= 0.3 is 0 Å². The molecule has 4 rings (SSSR count). The van der Waals surface area contributed by atoms with Crippen LogP contribution in [0.25, 0.3) is 10.1 Å². The summed E-state index contributed by atoms with van der Waals surface area (Å²) in [4.78, 5) is 32.0. The summed E-state index contributed by atoms with van der Waals surface area (Å²) in [6.07, 6.45) is 8.97. The molecule has 1 aromatic carbocycles. The van der Waals surface area contributed by atoms with Gasteiger partial charge in [0.15, 0.2) is 0 Å². The predicted octanol–water partition coefficient (Wildman–Crippen LogP) is 5.54. The molecule has 1 saturated heterocycles. The maximum absolute atomic E-state index is 12.8. The van der Waals surface area contributed by atoms with Crippen molar-refractivity contribution in [1.82, 2.24) is 15.2 Å². The van der Waals surface area contributed by atoms with Gasteiger partial charge in [-0.25, -0.2) is 0 Å². The van der Waals surface area contributed by atoms with Crippen LogP contribution in [0.5, 0.6) is 5.75 Å². The van der Waals surface area contributed by atoms with Gasteiger partial charge in [-0.3, -0.25) is 14.6 Å². The van der Waals surface area contributed by atoms with Crippen molar-refractivity contribution in [3.8, 4) is 5.75 Å². The first-order valence-electron chi connectivity index (χ1n) is 12.2. The number of unbranched alkanes of at least 4 members (excludes halogenated alkanes) is 1. The zero-order chi connectivity index (χ0) is 23.9. The van der Waals surface area contributed by atoms with Crippen molar-refractivity contribution in [1.29, 1.82) is 0 Å². The summed E-state index contributed by atoms with van der Waals surface area (Å²) in [6, 6.07) is 11.3. The molecule has 0 spiro atoms. The lowest BCUT2D eigenvalue weighted by Gasteiger charge is -2.32. The van der Waals surface area contributed by atoms with Crippen LogP contribution in [0.2, 0.25) is 0 Å². The molecule has 1 fully saturated rings. The van der Waals surface area contributed by atoms with Gasteiger partial charge in [0.1, 0.15) is 5.75 Å². The van der Waals surface area contributed by atoms with Crippen molar-refractivity contribution in [3.63, 3.8) is 0 Å². The zero-order valence-corrected chi connectivity index (χ0v) is 20.8. The smallest absolute Gasteiger partial charge is 0.261 e. The third kappa shape index (κ3) is 6.35. The van der Waals surface area contributed by atoms with Crippen molar-refractivity contribution in [3.05, 3.63) is 59.2 Å². The summed E-state index contributed by atoms with van der Waals surface area (Å²) in [5.74, 6) is 1.55. The van der Waals surface area contributed by atoms with Crippen LogP contribution < -0.4 is 10.1 Å². The number of carbonyl (C=O) groups is 2. The molecule has 3 aromatic rings. The number of ether oxygens (including phenoxy) is 1. The molecule has 2 aromatic heterocycles. The van der Waals surface area contributed by atoms with E-state index in [0.717, 1.165) is 71.5 Å². The van der Waals surface area contributed by atoms with E-state index >= 15 is 0 Å². The third-order valence-corrected chi connectivity index (χ3v) is 7.33. The van der Waals surface area contributed by atoms with E-state index in [4.69, 9.17) is 4.74 Å². The van der Waals surface area contributed by atoms with Crippen LogP contribution in [-0.2, 0) is 0 Å². The van der Waals surface area contributed by atoms with Gasteiger partial charge < -0.3 is 15.0 Å². The summed E-state index contributed by atoms with van der Waals surface area (Å²) in [7, 11) is 0. The molecule has 0 bridgehead atoms. The molecule has 0 saturated carbocycles. The lowest BCUT2D eigenvalue weighted by molar-refractivity contribution is 0.0685. The number of piperidine rings is 1. The second-order valence-corrected chi connectivity index (χ2v) is 10.3. The van der Waals surface area contributed by atoms with Gasteiger partial charge in [0.2, 0.25) is 0 Å². The summed E-state index contributed by atoms with van der Waals surface area (Å²) in [5, 5.41) is 4.10. The number of carbonyl (C=O) groups excluding carboxylic acids is 2. The van der Waals surface area contributed by atoms with Crippen LogP contribution in [0.4, 0.5) is 0 Å². The van der Waals surface area contributed by atoms with Crippen LogP contribution >= 0.6 is 11.3 Å². The van der Waals surface area contributed by atoms with Crippen molar-refractivity contribution < 1.29 is 14.3 Å². The van der Waals surface area contributed by atoms with E-state index in [1.165, 1.54) is 11.3 Å². The minimum Gasteiger partial charge on any atom is -0.491 e. The number of thiophene rings is 1. The molecule has 1 aliphatic heterocycles. The highest BCUT2D eigenvalue weighted by Crippen LogP contribution is 2.25. The highest BCUT2D eigenvalue weighted by atomic mass is 32.1. The number of likely N-dealkylation sites (tertiary alicyclic amines) is 1. The minimum atomic E-state index is -0.00294. The summed E-state index contributed by atoms with van der Waals surface area (Å²) >= 11 is 1.48. The number of nitrogens with zero attached hydrogens (tertiary/aromatic N) is 2. The average Bonchev–Trinajstić information content (AvgIpc) is 3.28. The lowest BCUT2D eigenvalue weighted by Crippen LogP contribution is -2.38. The fourth-order valence-corrected chi connectivity index (χ4v) is 5.34. The fourth-order valence-electron chi connectivity index (χ4n) is 4.40. The standard InChI is InChI=1S/C27H33N3O3S/c1-19(2)33-23-8-6-21(7-9-23)27(32)30-15-11-20(12-16-30)5-3-4-13-29-26(31)24-17-22-10-14-28-18-25(22)34-24/h6-10,14,17-20H,3-5,11-13,15-16H2,1-2H3,(H,29,31). The van der Waals surface area contributed by atoms with Gasteiger partial charge in [0.25, 0.3) is 11.8 Å². The molecule has 2 amide bonds. The Kier molecular flexibility index (Phi) is 8.16. The van der Waals surface area contributed by atoms with Gasteiger partial charge in [0.05, 0.1) is 15.7 Å². The average molecular weight is 480 g/mol. The highest BCUT2D eigenvalue weighted by Gasteiger charge is 2.23. The molecule has 34 heavy (non-hydrogen) atoms. The largest absolute Gasteiger partial charge is 0.491 e. The number of rotatable bonds is 9. The first-order valence-corrected chi connectivity index (χ1v) is 13.0. The Bertz CT molecular complexity index is 1070. The van der Waals surface area contributed by atoms with E-state index < -0.39 is 0 Å². The van der Waals surface area contributed by atoms with Gasteiger partial charge in [-0.15, -0.1) is 11.3 Å². The molecule has 0 unspecified atom stereocenters. The SMILES string of the molecule is CC(C)Oc1ccc(C(=O)N2CCC(CCCCNC(=O)c3cc4ccncc4s3)CC2)cc1. The summed E-state index contributed by atoms with van der Waals surface area (Å²) in [6.45, 7) is 6.30.